The molecule has 2 amide bonds. The van der Waals surface area contributed by atoms with E-state index >= 15 is 0 Å². The highest BCUT2D eigenvalue weighted by Gasteiger charge is 2.33. The first-order valence-corrected chi connectivity index (χ1v) is 15.9. The number of rotatable bonds is 7. The van der Waals surface area contributed by atoms with Gasteiger partial charge in [-0.15, -0.1) is 0 Å². The number of ketones is 2. The van der Waals surface area contributed by atoms with E-state index in [0.29, 0.717) is 24.1 Å². The van der Waals surface area contributed by atoms with E-state index in [0.717, 1.165) is 32.5 Å². The number of primary amides is 1. The van der Waals surface area contributed by atoms with Crippen molar-refractivity contribution in [2.75, 3.05) is 40.4 Å². The van der Waals surface area contributed by atoms with Gasteiger partial charge < -0.3 is 40.6 Å². The van der Waals surface area contributed by atoms with E-state index in [4.69, 9.17) is 19.9 Å². The van der Waals surface area contributed by atoms with E-state index in [1.807, 2.05) is 13.8 Å². The van der Waals surface area contributed by atoms with Crippen LogP contribution in [0.1, 0.15) is 53.4 Å². The zero-order valence-corrected chi connectivity index (χ0v) is 27.8. The third-order valence-corrected chi connectivity index (χ3v) is 8.72. The van der Waals surface area contributed by atoms with Gasteiger partial charge in [0.05, 0.1) is 23.6 Å². The maximum Gasteiger partial charge on any atom is 0.405 e. The van der Waals surface area contributed by atoms with E-state index in [2.05, 4.69) is 15.5 Å². The third-order valence-electron chi connectivity index (χ3n) is 8.72. The number of nitrogens with zero attached hydrogens (tertiary/aromatic N) is 1. The van der Waals surface area contributed by atoms with Crippen molar-refractivity contribution >= 4 is 23.6 Å². The van der Waals surface area contributed by atoms with Gasteiger partial charge in [-0.25, -0.2) is 4.79 Å². The number of likely N-dealkylation sites (tertiary alicyclic amines) is 1. The Hall–Kier alpha value is -3.58. The smallest absolute Gasteiger partial charge is 0.405 e. The van der Waals surface area contributed by atoms with Gasteiger partial charge in [-0.1, -0.05) is 38.2 Å². The fourth-order valence-electron chi connectivity index (χ4n) is 6.12. The average Bonchev–Trinajstić information content (AvgIpc) is 3.53. The van der Waals surface area contributed by atoms with Crippen molar-refractivity contribution in [3.63, 3.8) is 0 Å². The standard InChI is InChI=1S/C34H50N4O8/c1-20-16-24-29(36-12-15-38-13-7-8-14-38)26(39)19-25(31(24)41)37-33(42)21(2)10-9-11-27(44-5)32(46-34(35)43)23(4)18-22(3)30(40)28(17-20)45-6/h9-11,18-20,22,27-28,30,32,36,40H,7-8,12-17H2,1-6H3,(H2,35,43)(H,37,42). The molecule has 0 aromatic heterocycles. The minimum Gasteiger partial charge on any atom is -0.439 e. The van der Waals surface area contributed by atoms with Crippen LogP contribution in [0.3, 0.4) is 0 Å². The summed E-state index contributed by atoms with van der Waals surface area (Å²) < 4.78 is 16.7. The first-order valence-electron chi connectivity index (χ1n) is 15.9. The van der Waals surface area contributed by atoms with Gasteiger partial charge >= 0.3 is 6.09 Å². The molecular formula is C34H50N4O8. The van der Waals surface area contributed by atoms with E-state index in [1.54, 1.807) is 32.1 Å². The summed E-state index contributed by atoms with van der Waals surface area (Å²) >= 11 is 0. The predicted molar refractivity (Wildman–Crippen MR) is 173 cm³/mol. The van der Waals surface area contributed by atoms with Crippen molar-refractivity contribution in [1.29, 1.82) is 0 Å². The van der Waals surface area contributed by atoms with Crippen molar-refractivity contribution in [3.8, 4) is 0 Å². The van der Waals surface area contributed by atoms with Gasteiger partial charge in [0.1, 0.15) is 6.10 Å². The molecule has 1 fully saturated rings. The van der Waals surface area contributed by atoms with Gasteiger partial charge in [0.25, 0.3) is 5.91 Å². The van der Waals surface area contributed by atoms with E-state index in [9.17, 15) is 24.3 Å². The van der Waals surface area contributed by atoms with Crippen molar-refractivity contribution < 1.29 is 38.5 Å². The second kappa shape index (κ2) is 17.4. The molecule has 46 heavy (non-hydrogen) atoms. The first kappa shape index (κ1) is 36.9. The molecule has 0 saturated carbocycles. The minimum atomic E-state index is -0.993. The molecule has 3 rings (SSSR count). The summed E-state index contributed by atoms with van der Waals surface area (Å²) in [4.78, 5) is 54.4. The summed E-state index contributed by atoms with van der Waals surface area (Å²) in [6.07, 6.45) is 6.29. The molecule has 5 N–H and O–H groups in total. The molecule has 6 unspecified atom stereocenters. The van der Waals surface area contributed by atoms with Gasteiger partial charge in [0.15, 0.2) is 6.10 Å². The average molecular weight is 643 g/mol. The van der Waals surface area contributed by atoms with Crippen LogP contribution in [0, 0.1) is 11.8 Å². The number of Topliss-reactive ketones (excluding diaryl/α,β-unsaturated/α-hetero) is 1. The lowest BCUT2D eigenvalue weighted by Crippen LogP contribution is -2.38. The van der Waals surface area contributed by atoms with Crippen molar-refractivity contribution in [2.45, 2.75) is 77.8 Å². The van der Waals surface area contributed by atoms with E-state index in [1.165, 1.54) is 26.4 Å². The first-order chi connectivity index (χ1) is 21.9. The zero-order chi connectivity index (χ0) is 34.0. The molecule has 2 bridgehead atoms. The Morgan fingerprint density at radius 2 is 1.83 bits per heavy atom. The number of nitrogens with one attached hydrogen (secondary N) is 2. The van der Waals surface area contributed by atoms with Crippen LogP contribution >= 0.6 is 0 Å². The number of hydrogen-bond acceptors (Lipinski definition) is 10. The van der Waals surface area contributed by atoms with Crippen LogP contribution in [0.15, 0.2) is 58.5 Å². The molecule has 2 aliphatic heterocycles. The summed E-state index contributed by atoms with van der Waals surface area (Å²) in [7, 11) is 2.95. The quantitative estimate of drug-likeness (QED) is 0.239. The fraction of sp³-hybridized carbons (Fsp3) is 0.588. The summed E-state index contributed by atoms with van der Waals surface area (Å²) in [5.41, 5.74) is 6.66. The Balaban J connectivity index is 2.01. The topological polar surface area (TPSA) is 170 Å². The lowest BCUT2D eigenvalue weighted by Gasteiger charge is -2.30. The van der Waals surface area contributed by atoms with Crippen molar-refractivity contribution in [3.05, 3.63) is 58.5 Å². The Kier molecular flexibility index (Phi) is 13.9. The third kappa shape index (κ3) is 9.96. The number of fused-ring (bicyclic) bond motifs is 2. The second-order valence-electron chi connectivity index (χ2n) is 12.4. The predicted octanol–water partition coefficient (Wildman–Crippen LogP) is 2.45. The van der Waals surface area contributed by atoms with Crippen LogP contribution in [-0.2, 0) is 28.6 Å². The van der Waals surface area contributed by atoms with Crippen LogP contribution in [0.4, 0.5) is 4.79 Å². The number of aliphatic hydroxyl groups excluding tert-OH is 1. The molecule has 0 spiro atoms. The lowest BCUT2D eigenvalue weighted by atomic mass is 9.85. The highest BCUT2D eigenvalue weighted by Crippen LogP contribution is 2.29. The molecule has 2 heterocycles. The Morgan fingerprint density at radius 3 is 2.46 bits per heavy atom. The van der Waals surface area contributed by atoms with Crippen LogP contribution < -0.4 is 16.4 Å². The number of carbonyl (C=O) groups is 4. The normalized spacial score (nSPS) is 29.2. The number of ether oxygens (including phenoxy) is 3. The summed E-state index contributed by atoms with van der Waals surface area (Å²) in [6.45, 7) is 10.3. The molecule has 0 aromatic rings. The zero-order valence-electron chi connectivity index (χ0n) is 27.8. The summed E-state index contributed by atoms with van der Waals surface area (Å²) in [5, 5.41) is 17.2. The number of allylic oxidation sites excluding steroid dienone is 4. The number of hydrogen-bond donors (Lipinski definition) is 4. The number of amides is 2. The van der Waals surface area contributed by atoms with Gasteiger partial charge in [-0.05, 0) is 64.1 Å². The van der Waals surface area contributed by atoms with Crippen LogP contribution in [0.25, 0.3) is 0 Å². The fourth-order valence-corrected chi connectivity index (χ4v) is 6.12. The monoisotopic (exact) mass is 642 g/mol. The molecule has 1 saturated heterocycles. The molecular weight excluding hydrogens is 592 g/mol. The Labute approximate surface area is 271 Å². The van der Waals surface area contributed by atoms with Crippen molar-refractivity contribution in [1.82, 2.24) is 15.5 Å². The van der Waals surface area contributed by atoms with E-state index < -0.39 is 48.1 Å². The number of nitrogens with two attached hydrogens (primary N) is 1. The molecule has 12 heteroatoms. The number of aliphatic hydroxyl groups is 1. The molecule has 12 nitrogen and oxygen atoms in total. The number of carbonyl (C=O) groups excluding carboxylic acids is 4. The highest BCUT2D eigenvalue weighted by atomic mass is 16.6. The molecule has 254 valence electrons. The van der Waals surface area contributed by atoms with Crippen LogP contribution in [0.5, 0.6) is 0 Å². The van der Waals surface area contributed by atoms with Crippen molar-refractivity contribution in [2.24, 2.45) is 17.6 Å². The minimum absolute atomic E-state index is 0.0987. The van der Waals surface area contributed by atoms with Gasteiger partial charge in [0.2, 0.25) is 11.6 Å². The van der Waals surface area contributed by atoms with E-state index in [-0.39, 0.29) is 35.1 Å². The lowest BCUT2D eigenvalue weighted by molar-refractivity contribution is -0.120. The maximum atomic E-state index is 13.8. The summed E-state index contributed by atoms with van der Waals surface area (Å²) in [5.74, 6) is -1.99. The molecule has 1 aliphatic carbocycles. The summed E-state index contributed by atoms with van der Waals surface area (Å²) in [6, 6.07) is 0. The second-order valence-corrected chi connectivity index (χ2v) is 12.4. The molecule has 3 aliphatic rings. The largest absolute Gasteiger partial charge is 0.439 e. The number of methoxy groups -OCH3 is 2. The van der Waals surface area contributed by atoms with Crippen LogP contribution in [0.2, 0.25) is 0 Å². The maximum absolute atomic E-state index is 13.8. The SMILES string of the molecule is COC1C=CC=C(C)C(=O)NC2=CC(=O)C(NCCN3CCCC3)=C(CC(C)CC(OC)C(O)C(C)C=C(C)C1OC(N)=O)C2=O. The molecule has 6 atom stereocenters. The Morgan fingerprint density at radius 1 is 1.13 bits per heavy atom. The Bertz CT molecular complexity index is 1290. The van der Waals surface area contributed by atoms with Gasteiger partial charge in [-0.2, -0.15) is 0 Å². The van der Waals surface area contributed by atoms with Gasteiger partial charge in [-0.3, -0.25) is 14.4 Å². The van der Waals surface area contributed by atoms with Crippen LogP contribution in [-0.4, -0.2) is 98.4 Å². The molecule has 0 aromatic carbocycles. The van der Waals surface area contributed by atoms with Gasteiger partial charge in [0, 0.05) is 50.4 Å². The highest BCUT2D eigenvalue weighted by molar-refractivity contribution is 6.23. The molecule has 0 radical (unpaired) electrons.